The fraction of sp³-hybridized carbons (Fsp3) is 0.417. The number of hydrogen-bond donors (Lipinski definition) is 2. The summed E-state index contributed by atoms with van der Waals surface area (Å²) in [6.07, 6.45) is 6.50. The van der Waals surface area contributed by atoms with Crippen molar-refractivity contribution < 1.29 is 0 Å². The molecule has 0 amide bonds. The maximum atomic E-state index is 11.8. The van der Waals surface area contributed by atoms with E-state index in [0.29, 0.717) is 11.4 Å². The second kappa shape index (κ2) is 5.03. The summed E-state index contributed by atoms with van der Waals surface area (Å²) in [5.74, 6) is 0.423. The Morgan fingerprint density at radius 3 is 2.83 bits per heavy atom. The first-order chi connectivity index (χ1) is 8.61. The molecule has 2 rings (SSSR count). The Hall–Kier alpha value is -2.11. The van der Waals surface area contributed by atoms with Gasteiger partial charge >= 0.3 is 5.69 Å². The van der Waals surface area contributed by atoms with E-state index in [1.54, 1.807) is 19.3 Å². The van der Waals surface area contributed by atoms with Crippen LogP contribution in [0.1, 0.15) is 31.7 Å². The van der Waals surface area contributed by atoms with Crippen LogP contribution in [0.4, 0.5) is 5.82 Å². The molecule has 0 fully saturated rings. The lowest BCUT2D eigenvalue weighted by Gasteiger charge is -2.11. The molecule has 0 aromatic carbocycles. The Morgan fingerprint density at radius 2 is 2.11 bits per heavy atom. The highest BCUT2D eigenvalue weighted by molar-refractivity contribution is 5.89. The molecular weight excluding hydrogens is 232 g/mol. The van der Waals surface area contributed by atoms with Crippen LogP contribution < -0.4 is 16.3 Å². The molecule has 1 aliphatic heterocycles. The van der Waals surface area contributed by atoms with Crippen LogP contribution in [0, 0.1) is 0 Å². The third-order valence-electron chi connectivity index (χ3n) is 2.83. The topological polar surface area (TPSA) is 81.3 Å². The lowest BCUT2D eigenvalue weighted by molar-refractivity contribution is 0.806. The maximum Gasteiger partial charge on any atom is 0.327 e. The van der Waals surface area contributed by atoms with Crippen molar-refractivity contribution in [2.24, 2.45) is 5.10 Å². The van der Waals surface area contributed by atoms with Crippen molar-refractivity contribution in [2.75, 3.05) is 12.1 Å². The van der Waals surface area contributed by atoms with Crippen molar-refractivity contribution in [2.45, 2.75) is 26.2 Å². The van der Waals surface area contributed by atoms with E-state index in [2.05, 4.69) is 22.0 Å². The highest BCUT2D eigenvalue weighted by Crippen LogP contribution is 2.19. The second-order valence-electron chi connectivity index (χ2n) is 4.26. The standard InChI is InChI=1S/C12H16N4O2/c1-3-4-5-8-6-9-10(16(2)13-7-8)14-12(18)15-11(9)17/h6-7H,3-5H2,1-2H3,(H2,14,15,17,18). The van der Waals surface area contributed by atoms with E-state index in [9.17, 15) is 9.59 Å². The first kappa shape index (κ1) is 12.3. The molecule has 0 unspecified atom stereocenters. The van der Waals surface area contributed by atoms with Crippen LogP contribution in [0.15, 0.2) is 20.3 Å². The Labute approximate surface area is 104 Å². The van der Waals surface area contributed by atoms with Gasteiger partial charge in [-0.3, -0.25) is 19.8 Å². The van der Waals surface area contributed by atoms with Gasteiger partial charge in [0.1, 0.15) is 5.82 Å². The minimum Gasteiger partial charge on any atom is -0.292 e. The lowest BCUT2D eigenvalue weighted by atomic mass is 10.1. The zero-order chi connectivity index (χ0) is 13.1. The summed E-state index contributed by atoms with van der Waals surface area (Å²) in [6, 6.07) is 0. The minimum absolute atomic E-state index is 0.389. The molecule has 2 heterocycles. The van der Waals surface area contributed by atoms with E-state index in [4.69, 9.17) is 0 Å². The van der Waals surface area contributed by atoms with Gasteiger partial charge in [0.2, 0.25) is 0 Å². The number of nitrogens with zero attached hydrogens (tertiary/aromatic N) is 2. The number of nitrogens with one attached hydrogen (secondary N) is 2. The molecule has 1 aliphatic rings. The Bertz CT molecular complexity index is 609. The fourth-order valence-electron chi connectivity index (χ4n) is 1.83. The molecule has 0 spiro atoms. The molecule has 1 aromatic heterocycles. The van der Waals surface area contributed by atoms with Crippen molar-refractivity contribution in [3.05, 3.63) is 32.0 Å². The number of hydrazone groups is 1. The van der Waals surface area contributed by atoms with Crippen molar-refractivity contribution in [3.63, 3.8) is 0 Å². The minimum atomic E-state index is -0.522. The number of unbranched alkanes of at least 4 members (excludes halogenated alkanes) is 1. The van der Waals surface area contributed by atoms with Gasteiger partial charge < -0.3 is 0 Å². The van der Waals surface area contributed by atoms with E-state index in [1.165, 1.54) is 5.01 Å². The van der Waals surface area contributed by atoms with Gasteiger partial charge in [-0.25, -0.2) is 4.79 Å². The summed E-state index contributed by atoms with van der Waals surface area (Å²) in [5, 5.41) is 5.70. The number of rotatable bonds is 3. The monoisotopic (exact) mass is 248 g/mol. The van der Waals surface area contributed by atoms with Gasteiger partial charge in [-0.15, -0.1) is 0 Å². The predicted octanol–water partition coefficient (Wildman–Crippen LogP) is 1.07. The summed E-state index contributed by atoms with van der Waals surface area (Å²) < 4.78 is 0. The van der Waals surface area contributed by atoms with Crippen LogP contribution in [0.3, 0.4) is 0 Å². The summed E-state index contributed by atoms with van der Waals surface area (Å²) in [4.78, 5) is 27.9. The van der Waals surface area contributed by atoms with Crippen molar-refractivity contribution in [1.29, 1.82) is 0 Å². The molecule has 2 N–H and O–H groups in total. The Morgan fingerprint density at radius 1 is 1.33 bits per heavy atom. The van der Waals surface area contributed by atoms with Gasteiger partial charge in [0.15, 0.2) is 0 Å². The van der Waals surface area contributed by atoms with Crippen molar-refractivity contribution in [3.8, 4) is 0 Å². The van der Waals surface area contributed by atoms with E-state index in [1.807, 2.05) is 0 Å². The maximum absolute atomic E-state index is 11.8. The van der Waals surface area contributed by atoms with Crippen LogP contribution in [0.5, 0.6) is 0 Å². The van der Waals surface area contributed by atoms with E-state index < -0.39 is 5.69 Å². The van der Waals surface area contributed by atoms with Gasteiger partial charge in [-0.05, 0) is 24.5 Å². The molecule has 0 atom stereocenters. The Kier molecular flexibility index (Phi) is 3.45. The molecule has 0 radical (unpaired) electrons. The van der Waals surface area contributed by atoms with Crippen LogP contribution in [-0.2, 0) is 0 Å². The molecule has 18 heavy (non-hydrogen) atoms. The van der Waals surface area contributed by atoms with Crippen LogP contribution in [0.25, 0.3) is 6.08 Å². The summed E-state index contributed by atoms with van der Waals surface area (Å²) in [5.41, 5.74) is 0.520. The van der Waals surface area contributed by atoms with Gasteiger partial charge in [0, 0.05) is 7.05 Å². The van der Waals surface area contributed by atoms with Crippen LogP contribution in [-0.4, -0.2) is 23.2 Å². The molecule has 6 nitrogen and oxygen atoms in total. The number of fused-ring (bicyclic) bond motifs is 1. The summed E-state index contributed by atoms with van der Waals surface area (Å²) >= 11 is 0. The molecule has 0 aliphatic carbocycles. The predicted molar refractivity (Wildman–Crippen MR) is 72.1 cm³/mol. The van der Waals surface area contributed by atoms with Gasteiger partial charge in [-0.2, -0.15) is 5.10 Å². The quantitative estimate of drug-likeness (QED) is 0.839. The molecule has 0 saturated heterocycles. The zero-order valence-electron chi connectivity index (χ0n) is 10.5. The first-order valence-electron chi connectivity index (χ1n) is 5.96. The second-order valence-corrected chi connectivity index (χ2v) is 4.26. The highest BCUT2D eigenvalue weighted by atomic mass is 16.2. The van der Waals surface area contributed by atoms with Gasteiger partial charge in [0.05, 0.1) is 11.8 Å². The van der Waals surface area contributed by atoms with Crippen LogP contribution >= 0.6 is 0 Å². The number of aromatic amines is 2. The SMILES string of the molecule is CCCCC1=Cc2c([nH]c(=O)[nH]c2=O)N(C)N=C1. The molecule has 0 saturated carbocycles. The first-order valence-corrected chi connectivity index (χ1v) is 5.96. The fourth-order valence-corrected chi connectivity index (χ4v) is 1.83. The number of H-pyrrole nitrogens is 2. The molecule has 6 heteroatoms. The lowest BCUT2D eigenvalue weighted by Crippen LogP contribution is -2.28. The van der Waals surface area contributed by atoms with Crippen molar-refractivity contribution in [1.82, 2.24) is 9.97 Å². The van der Waals surface area contributed by atoms with E-state index in [0.717, 1.165) is 24.8 Å². The van der Waals surface area contributed by atoms with Crippen LogP contribution in [0.2, 0.25) is 0 Å². The molecule has 0 bridgehead atoms. The van der Waals surface area contributed by atoms with Crippen molar-refractivity contribution >= 4 is 18.1 Å². The average Bonchev–Trinajstić information content (AvgIpc) is 2.48. The van der Waals surface area contributed by atoms with E-state index >= 15 is 0 Å². The number of allylic oxidation sites excluding steroid dienone is 1. The number of hydrogen-bond acceptors (Lipinski definition) is 4. The zero-order valence-corrected chi connectivity index (χ0v) is 10.5. The third kappa shape index (κ3) is 2.42. The molecule has 1 aromatic rings. The smallest absolute Gasteiger partial charge is 0.292 e. The van der Waals surface area contributed by atoms with Gasteiger partial charge in [-0.1, -0.05) is 13.3 Å². The third-order valence-corrected chi connectivity index (χ3v) is 2.83. The number of aromatic nitrogens is 2. The molecule has 96 valence electrons. The summed E-state index contributed by atoms with van der Waals surface area (Å²) in [7, 11) is 1.70. The largest absolute Gasteiger partial charge is 0.327 e. The van der Waals surface area contributed by atoms with Gasteiger partial charge in [0.25, 0.3) is 5.56 Å². The highest BCUT2D eigenvalue weighted by Gasteiger charge is 2.14. The number of anilines is 1. The summed E-state index contributed by atoms with van der Waals surface area (Å²) in [6.45, 7) is 2.11. The average molecular weight is 248 g/mol. The normalized spacial score (nSPS) is 14.1. The molecular formula is C12H16N4O2. The van der Waals surface area contributed by atoms with E-state index in [-0.39, 0.29) is 5.56 Å². The Balaban J connectivity index is 2.52.